The van der Waals surface area contributed by atoms with Crippen molar-refractivity contribution in [3.63, 3.8) is 0 Å². The molecule has 6 aromatic carbocycles. The van der Waals surface area contributed by atoms with Gasteiger partial charge in [0.2, 0.25) is 6.71 Å². The fourth-order valence-electron chi connectivity index (χ4n) is 24.4. The number of rotatable bonds is 11. The van der Waals surface area contributed by atoms with E-state index in [1.165, 1.54) is 218 Å². The Bertz CT molecular complexity index is 3600. The average molecular weight is 1250 g/mol. The van der Waals surface area contributed by atoms with Crippen LogP contribution in [-0.4, -0.2) is 71.1 Å². The second-order valence-corrected chi connectivity index (χ2v) is 33.9. The van der Waals surface area contributed by atoms with E-state index in [0.29, 0.717) is 35.7 Å². The van der Waals surface area contributed by atoms with E-state index in [1.54, 1.807) is 16.6 Å². The van der Waals surface area contributed by atoms with Crippen LogP contribution in [0.15, 0.2) is 181 Å². The SMILES string of the molecule is Cc1cccc(-c2ccccc2)c1N1C2=CC3SC4CC(N(C5CCCCC5)C5CCCCC5)CC5CC6CCCCC6B(C3C=C2B2c3ccccc3N(c3ccccc3)C3CC(N(c6ccc(-c7ccccc7)cc6)C6CCC(C7CCCCC7)CC6)CC1C23)C54. The number of benzene rings is 6. The number of fused-ring (bicyclic) bond motifs is 8. The van der Waals surface area contributed by atoms with Gasteiger partial charge in [0.05, 0.1) is 5.69 Å². The van der Waals surface area contributed by atoms with Crippen molar-refractivity contribution in [1.29, 1.82) is 0 Å². The molecule has 0 aromatic heterocycles. The van der Waals surface area contributed by atoms with Gasteiger partial charge in [-0.25, -0.2) is 0 Å². The maximum absolute atomic E-state index is 3.34. The van der Waals surface area contributed by atoms with Crippen molar-refractivity contribution < 1.29 is 0 Å². The van der Waals surface area contributed by atoms with Crippen LogP contribution in [-0.2, 0) is 0 Å². The summed E-state index contributed by atoms with van der Waals surface area (Å²) in [6, 6.07) is 65.8. The van der Waals surface area contributed by atoms with Crippen molar-refractivity contribution in [3.8, 4) is 22.3 Å². The van der Waals surface area contributed by atoms with Gasteiger partial charge in [-0.05, 0) is 190 Å². The third kappa shape index (κ3) is 10.9. The number of thioether (sulfide) groups is 1. The number of hydrogen-bond donors (Lipinski definition) is 0. The maximum atomic E-state index is 3.34. The fourth-order valence-corrected chi connectivity index (χ4v) is 26.3. The minimum absolute atomic E-state index is 0.258. The summed E-state index contributed by atoms with van der Waals surface area (Å²) in [5.74, 6) is 6.22. The van der Waals surface area contributed by atoms with Crippen LogP contribution in [0, 0.1) is 30.6 Å². The smallest absolute Gasteiger partial charge is 0.221 e. The van der Waals surface area contributed by atoms with Crippen molar-refractivity contribution in [2.75, 3.05) is 14.7 Å². The molecule has 4 heterocycles. The lowest BCUT2D eigenvalue weighted by molar-refractivity contribution is 0.00784. The molecular formula is C86H104B2N4S. The van der Waals surface area contributed by atoms with Gasteiger partial charge in [0.25, 0.3) is 0 Å². The molecule has 0 amide bonds. The molecule has 12 atom stereocenters. The van der Waals surface area contributed by atoms with Gasteiger partial charge in [0, 0.05) is 81.1 Å². The highest BCUT2D eigenvalue weighted by atomic mass is 32.2. The van der Waals surface area contributed by atoms with Crippen LogP contribution in [0.4, 0.5) is 22.7 Å². The molecule has 93 heavy (non-hydrogen) atoms. The van der Waals surface area contributed by atoms with E-state index in [4.69, 9.17) is 0 Å². The normalized spacial score (nSPS) is 32.8. The van der Waals surface area contributed by atoms with Crippen LogP contribution in [0.5, 0.6) is 0 Å². The molecule has 4 aliphatic heterocycles. The largest absolute Gasteiger partial charge is 0.365 e. The summed E-state index contributed by atoms with van der Waals surface area (Å²) in [7, 11) is 0. The Balaban J connectivity index is 0.811. The number of anilines is 4. The molecule has 0 spiro atoms. The minimum Gasteiger partial charge on any atom is -0.365 e. The monoisotopic (exact) mass is 1250 g/mol. The van der Waals surface area contributed by atoms with Crippen LogP contribution in [0.1, 0.15) is 185 Å². The van der Waals surface area contributed by atoms with Gasteiger partial charge in [-0.3, -0.25) is 4.90 Å². The zero-order valence-corrected chi connectivity index (χ0v) is 56.9. The highest BCUT2D eigenvalue weighted by molar-refractivity contribution is 8.01. The first-order valence-electron chi connectivity index (χ1n) is 38.7. The Morgan fingerprint density at radius 3 is 1.75 bits per heavy atom. The van der Waals surface area contributed by atoms with Crippen molar-refractivity contribution in [3.05, 3.63) is 187 Å². The molecule has 6 aromatic rings. The van der Waals surface area contributed by atoms with Gasteiger partial charge in [-0.2, -0.15) is 11.8 Å². The quantitative estimate of drug-likeness (QED) is 0.120. The molecule has 7 heteroatoms. The summed E-state index contributed by atoms with van der Waals surface area (Å²) < 4.78 is 0. The first kappa shape index (κ1) is 60.1. The minimum atomic E-state index is 0.258. The number of nitrogens with zero attached hydrogens (tertiary/aromatic N) is 4. The van der Waals surface area contributed by atoms with Crippen molar-refractivity contribution in [2.24, 2.45) is 23.7 Å². The summed E-state index contributed by atoms with van der Waals surface area (Å²) in [6.07, 6.45) is 45.9. The van der Waals surface area contributed by atoms with Gasteiger partial charge in [0.1, 0.15) is 0 Å². The molecule has 12 aliphatic rings. The second kappa shape index (κ2) is 25.9. The van der Waals surface area contributed by atoms with E-state index in [-0.39, 0.29) is 12.1 Å². The topological polar surface area (TPSA) is 13.0 Å². The lowest BCUT2D eigenvalue weighted by atomic mass is 9.18. The zero-order chi connectivity index (χ0) is 61.5. The third-order valence-corrected chi connectivity index (χ3v) is 29.6. The molecule has 7 saturated carbocycles. The summed E-state index contributed by atoms with van der Waals surface area (Å²) >= 11 is 2.54. The Kier molecular flexibility index (Phi) is 16.7. The van der Waals surface area contributed by atoms with E-state index in [2.05, 4.69) is 208 Å². The Hall–Kier alpha value is -5.36. The van der Waals surface area contributed by atoms with Gasteiger partial charge in [-0.15, -0.1) is 0 Å². The number of allylic oxidation sites excluding steroid dienone is 2. The Morgan fingerprint density at radius 2 is 1.03 bits per heavy atom. The van der Waals surface area contributed by atoms with Gasteiger partial charge in [-0.1, -0.05) is 247 Å². The fraction of sp³-hybridized carbons (Fsp3) is 0.535. The zero-order valence-electron chi connectivity index (χ0n) is 56.1. The number of para-hydroxylation sites is 3. The van der Waals surface area contributed by atoms with E-state index in [0.717, 1.165) is 78.2 Å². The lowest BCUT2D eigenvalue weighted by Gasteiger charge is -2.64. The third-order valence-electron chi connectivity index (χ3n) is 27.9. The summed E-state index contributed by atoms with van der Waals surface area (Å²) in [5, 5.41) is 1.21. The molecule has 12 unspecified atom stereocenters. The van der Waals surface area contributed by atoms with Crippen LogP contribution in [0.25, 0.3) is 22.3 Å². The molecule has 8 aliphatic carbocycles. The number of hydrogen-bond acceptors (Lipinski definition) is 5. The van der Waals surface area contributed by atoms with Crippen molar-refractivity contribution in [1.82, 2.24) is 4.90 Å². The summed E-state index contributed by atoms with van der Waals surface area (Å²) in [6.45, 7) is 3.57. The van der Waals surface area contributed by atoms with Gasteiger partial charge in [0.15, 0.2) is 6.71 Å². The Morgan fingerprint density at radius 1 is 0.430 bits per heavy atom. The highest BCUT2D eigenvalue weighted by Crippen LogP contribution is 2.68. The molecule has 18 rings (SSSR count). The van der Waals surface area contributed by atoms with Crippen LogP contribution in [0.3, 0.4) is 0 Å². The predicted octanol–water partition coefficient (Wildman–Crippen LogP) is 21.4. The molecule has 4 nitrogen and oxygen atoms in total. The van der Waals surface area contributed by atoms with Crippen molar-refractivity contribution >= 4 is 53.4 Å². The summed E-state index contributed by atoms with van der Waals surface area (Å²) in [5.41, 5.74) is 17.4. The molecule has 3 saturated heterocycles. The molecule has 0 radical (unpaired) electrons. The molecular weight excluding hydrogens is 1140 g/mol. The first-order valence-corrected chi connectivity index (χ1v) is 39.7. The van der Waals surface area contributed by atoms with E-state index >= 15 is 0 Å². The van der Waals surface area contributed by atoms with Crippen LogP contribution < -0.4 is 20.2 Å². The highest BCUT2D eigenvalue weighted by Gasteiger charge is 2.64. The predicted molar refractivity (Wildman–Crippen MR) is 398 cm³/mol. The molecule has 0 bridgehead atoms. The van der Waals surface area contributed by atoms with Gasteiger partial charge >= 0.3 is 0 Å². The molecule has 0 N–H and O–H groups in total. The maximum Gasteiger partial charge on any atom is 0.221 e. The van der Waals surface area contributed by atoms with E-state index in [9.17, 15) is 0 Å². The number of aryl methyl sites for hydroxylation is 1. The van der Waals surface area contributed by atoms with Crippen LogP contribution in [0.2, 0.25) is 23.3 Å². The Labute approximate surface area is 564 Å². The molecule has 480 valence electrons. The van der Waals surface area contributed by atoms with Crippen LogP contribution >= 0.6 is 11.8 Å². The molecule has 10 fully saturated rings. The first-order chi connectivity index (χ1) is 46.1. The van der Waals surface area contributed by atoms with Gasteiger partial charge < -0.3 is 14.7 Å². The second-order valence-electron chi connectivity index (χ2n) is 32.5. The standard InChI is InChI=1S/C86H104B2N4S/c1-58-25-24-39-73(63-30-12-4-13-31-63)86(58)92-79-57-82-77(87-74-40-21-20-32-64(74)51-65-52-71(55-83(93-82)84(65)87)89(66-33-14-5-15-34-66)67-35-16-6-17-36-67)56-76(79)88-75-41-22-23-42-78(75)91(68-37-18-7-19-38-68)80-53-72(54-81(92)85(80)88)90(69-47-43-61(44-48-69)59-26-8-2-9-27-59)70-49-45-62(46-50-70)60-28-10-3-11-29-60/h2,4,7-9,12-13,18-19,22-27,30-31,37-39,41-44,47-48,56-57,60,62,64-67,70-72,74,77,80-85H,3,5-6,10-11,14-17,20-21,28-29,32-36,40,45-46,49-55H2,1H3. The van der Waals surface area contributed by atoms with E-state index < -0.39 is 0 Å². The lowest BCUT2D eigenvalue weighted by Crippen LogP contribution is -2.69. The van der Waals surface area contributed by atoms with Crippen molar-refractivity contribution in [2.45, 2.75) is 263 Å². The van der Waals surface area contributed by atoms with E-state index in [1.807, 2.05) is 0 Å². The average Bonchev–Trinajstić information content (AvgIpc) is 0.691. The summed E-state index contributed by atoms with van der Waals surface area (Å²) in [4.78, 5) is 12.5.